The summed E-state index contributed by atoms with van der Waals surface area (Å²) in [6.45, 7) is -1.13. The highest BCUT2D eigenvalue weighted by atomic mass is 16.6. The van der Waals surface area contributed by atoms with Crippen LogP contribution >= 0.6 is 0 Å². The van der Waals surface area contributed by atoms with E-state index >= 15 is 0 Å². The molecule has 2 heterocycles. The van der Waals surface area contributed by atoms with Gasteiger partial charge in [0.25, 0.3) is 0 Å². The minimum Gasteiger partial charge on any atom is -0.394 e. The molecular weight excluding hydrogens is 504 g/mol. The summed E-state index contributed by atoms with van der Waals surface area (Å²) >= 11 is 0. The molecule has 0 radical (unpaired) electrons. The molecule has 2 aromatic rings. The summed E-state index contributed by atoms with van der Waals surface area (Å²) in [6.07, 6.45) is -13.3. The molecule has 208 valence electrons. The summed E-state index contributed by atoms with van der Waals surface area (Å²) in [4.78, 5) is 12.7. The molecule has 0 unspecified atom stereocenters. The van der Waals surface area contributed by atoms with Crippen LogP contribution in [0.2, 0.25) is 0 Å². The lowest BCUT2D eigenvalue weighted by atomic mass is 9.91. The standard InChI is InChI=1S/C25H32N2O11/c28-9-15-17(30)19(32)21(34)23(37-15)11-3-1-5-13(7-11)26-25(36)27-14-6-2-4-12(8-14)24-22(35)20(33)18(31)16(10-29)38-24/h1-8,15-24,28-35H,9-10H2,(H2,26,27,36)/t15-,16-,17-,18-,19+,20+,21-,22-,23-,24-/m1/s1. The third kappa shape index (κ3) is 5.82. The van der Waals surface area contributed by atoms with Gasteiger partial charge in [0, 0.05) is 11.4 Å². The molecule has 0 aliphatic carbocycles. The number of anilines is 2. The van der Waals surface area contributed by atoms with Crippen molar-refractivity contribution >= 4 is 17.4 Å². The summed E-state index contributed by atoms with van der Waals surface area (Å²) in [5.41, 5.74) is 1.43. The number of aliphatic hydroxyl groups is 8. The number of nitrogens with one attached hydrogen (secondary N) is 2. The average Bonchev–Trinajstić information content (AvgIpc) is 2.91. The maximum atomic E-state index is 12.7. The largest absolute Gasteiger partial charge is 0.394 e. The van der Waals surface area contributed by atoms with Gasteiger partial charge in [-0.1, -0.05) is 24.3 Å². The van der Waals surface area contributed by atoms with Crippen LogP contribution in [0.5, 0.6) is 0 Å². The summed E-state index contributed by atoms with van der Waals surface area (Å²) in [5, 5.41) is 84.9. The average molecular weight is 537 g/mol. The van der Waals surface area contributed by atoms with Gasteiger partial charge in [0.1, 0.15) is 61.0 Å². The Labute approximate surface area is 217 Å². The Morgan fingerprint density at radius 1 is 0.632 bits per heavy atom. The van der Waals surface area contributed by atoms with Crippen LogP contribution in [0.15, 0.2) is 48.5 Å². The molecule has 2 saturated heterocycles. The topological polar surface area (TPSA) is 221 Å². The second-order valence-electron chi connectivity index (χ2n) is 9.33. The molecule has 4 rings (SSSR count). The highest BCUT2D eigenvalue weighted by Crippen LogP contribution is 2.34. The van der Waals surface area contributed by atoms with E-state index in [1.165, 1.54) is 12.1 Å². The minimum absolute atomic E-state index is 0.321. The maximum Gasteiger partial charge on any atom is 0.323 e. The molecule has 2 aliphatic rings. The Morgan fingerprint density at radius 3 is 1.39 bits per heavy atom. The fraction of sp³-hybridized carbons (Fsp3) is 0.480. The Kier molecular flexibility index (Phi) is 8.95. The van der Waals surface area contributed by atoms with E-state index in [4.69, 9.17) is 9.47 Å². The van der Waals surface area contributed by atoms with Crippen molar-refractivity contribution in [3.63, 3.8) is 0 Å². The van der Waals surface area contributed by atoms with Crippen LogP contribution in [0.3, 0.4) is 0 Å². The van der Waals surface area contributed by atoms with Crippen molar-refractivity contribution in [2.75, 3.05) is 23.8 Å². The van der Waals surface area contributed by atoms with Gasteiger partial charge in [-0.15, -0.1) is 0 Å². The van der Waals surface area contributed by atoms with Gasteiger partial charge in [-0.2, -0.15) is 0 Å². The van der Waals surface area contributed by atoms with Crippen molar-refractivity contribution in [3.8, 4) is 0 Å². The highest BCUT2D eigenvalue weighted by Gasteiger charge is 2.45. The molecule has 0 saturated carbocycles. The van der Waals surface area contributed by atoms with Gasteiger partial charge in [0.05, 0.1) is 13.2 Å². The number of ether oxygens (including phenoxy) is 2. The second kappa shape index (κ2) is 12.0. The number of hydrogen-bond acceptors (Lipinski definition) is 11. The predicted molar refractivity (Wildman–Crippen MR) is 131 cm³/mol. The summed E-state index contributed by atoms with van der Waals surface area (Å²) in [7, 11) is 0. The van der Waals surface area contributed by atoms with Crippen molar-refractivity contribution in [3.05, 3.63) is 59.7 Å². The quantitative estimate of drug-likeness (QED) is 0.202. The number of aliphatic hydroxyl groups excluding tert-OH is 8. The fourth-order valence-corrected chi connectivity index (χ4v) is 4.63. The number of rotatable bonds is 6. The van der Waals surface area contributed by atoms with Crippen molar-refractivity contribution in [2.24, 2.45) is 0 Å². The zero-order valence-electron chi connectivity index (χ0n) is 20.1. The SMILES string of the molecule is O=C(Nc1cccc([C@H]2O[C@H](CO)[C@@H](O)[C@H](O)[C@H]2O)c1)Nc1cccc([C@H]2O[C@H](CO)[C@@H](O)[C@H](O)[C@H]2O)c1. The Balaban J connectivity index is 1.44. The van der Waals surface area contributed by atoms with E-state index in [1.54, 1.807) is 36.4 Å². The lowest BCUT2D eigenvalue weighted by Crippen LogP contribution is -2.55. The number of carbonyl (C=O) groups excluding carboxylic acids is 1. The normalized spacial score (nSPS) is 35.5. The molecule has 0 bridgehead atoms. The molecule has 2 fully saturated rings. The number of benzene rings is 2. The number of hydrogen-bond donors (Lipinski definition) is 10. The minimum atomic E-state index is -1.54. The molecule has 2 aliphatic heterocycles. The molecule has 2 aromatic carbocycles. The van der Waals surface area contributed by atoms with Crippen LogP contribution in [0.25, 0.3) is 0 Å². The van der Waals surface area contributed by atoms with Crippen LogP contribution in [-0.2, 0) is 9.47 Å². The summed E-state index contributed by atoms with van der Waals surface area (Å²) < 4.78 is 11.1. The van der Waals surface area contributed by atoms with Crippen molar-refractivity contribution < 1.29 is 55.1 Å². The Morgan fingerprint density at radius 2 is 1.03 bits per heavy atom. The highest BCUT2D eigenvalue weighted by molar-refractivity contribution is 5.99. The zero-order chi connectivity index (χ0) is 27.6. The first kappa shape index (κ1) is 28.3. The molecule has 13 heteroatoms. The Hall–Kier alpha value is -2.69. The lowest BCUT2D eigenvalue weighted by molar-refractivity contribution is -0.231. The van der Waals surface area contributed by atoms with Gasteiger partial charge in [0.2, 0.25) is 0 Å². The Bertz CT molecular complexity index is 1020. The van der Waals surface area contributed by atoms with Crippen LogP contribution in [0.1, 0.15) is 23.3 Å². The third-order valence-electron chi connectivity index (χ3n) is 6.73. The smallest absolute Gasteiger partial charge is 0.323 e. The van der Waals surface area contributed by atoms with E-state index in [9.17, 15) is 45.6 Å². The summed E-state index contributed by atoms with van der Waals surface area (Å²) in [5.74, 6) is 0. The fourth-order valence-electron chi connectivity index (χ4n) is 4.63. The van der Waals surface area contributed by atoms with E-state index in [2.05, 4.69) is 10.6 Å². The predicted octanol–water partition coefficient (Wildman–Crippen LogP) is -1.64. The van der Waals surface area contributed by atoms with Crippen molar-refractivity contribution in [1.29, 1.82) is 0 Å². The third-order valence-corrected chi connectivity index (χ3v) is 6.73. The molecular formula is C25H32N2O11. The van der Waals surface area contributed by atoms with E-state index in [0.717, 1.165) is 0 Å². The molecule has 0 spiro atoms. The van der Waals surface area contributed by atoms with E-state index in [1.807, 2.05) is 0 Å². The van der Waals surface area contributed by atoms with Gasteiger partial charge < -0.3 is 61.0 Å². The van der Waals surface area contributed by atoms with E-state index < -0.39 is 80.3 Å². The summed E-state index contributed by atoms with van der Waals surface area (Å²) in [6, 6.07) is 11.9. The first-order chi connectivity index (χ1) is 18.1. The second-order valence-corrected chi connectivity index (χ2v) is 9.33. The van der Waals surface area contributed by atoms with Gasteiger partial charge >= 0.3 is 6.03 Å². The number of carbonyl (C=O) groups is 1. The van der Waals surface area contributed by atoms with E-state index in [0.29, 0.717) is 22.5 Å². The molecule has 0 aromatic heterocycles. The first-order valence-corrected chi connectivity index (χ1v) is 12.0. The van der Waals surface area contributed by atoms with Crippen molar-refractivity contribution in [1.82, 2.24) is 0 Å². The monoisotopic (exact) mass is 536 g/mol. The molecule has 38 heavy (non-hydrogen) atoms. The van der Waals surface area contributed by atoms with E-state index in [-0.39, 0.29) is 0 Å². The van der Waals surface area contributed by atoms with Gasteiger partial charge in [0.15, 0.2) is 0 Å². The number of amides is 2. The van der Waals surface area contributed by atoms with Crippen molar-refractivity contribution in [2.45, 2.75) is 61.0 Å². The molecule has 2 amide bonds. The maximum absolute atomic E-state index is 12.7. The number of urea groups is 1. The zero-order valence-corrected chi connectivity index (χ0v) is 20.1. The van der Waals surface area contributed by atoms with Crippen LogP contribution in [-0.4, -0.2) is 109 Å². The van der Waals surface area contributed by atoms with Gasteiger partial charge in [-0.25, -0.2) is 4.79 Å². The lowest BCUT2D eigenvalue weighted by Gasteiger charge is -2.40. The van der Waals surface area contributed by atoms with Gasteiger partial charge in [-0.05, 0) is 35.4 Å². The molecule has 13 nitrogen and oxygen atoms in total. The van der Waals surface area contributed by atoms with Crippen LogP contribution < -0.4 is 10.6 Å². The van der Waals surface area contributed by atoms with Crippen LogP contribution in [0.4, 0.5) is 16.2 Å². The van der Waals surface area contributed by atoms with Gasteiger partial charge in [-0.3, -0.25) is 0 Å². The molecule has 10 atom stereocenters. The molecule has 10 N–H and O–H groups in total. The van der Waals surface area contributed by atoms with Crippen LogP contribution in [0, 0.1) is 0 Å². The first-order valence-electron chi connectivity index (χ1n) is 12.0.